The van der Waals surface area contributed by atoms with E-state index in [1.54, 1.807) is 11.9 Å². The summed E-state index contributed by atoms with van der Waals surface area (Å²) < 4.78 is 5.33. The number of hydrogen-bond donors (Lipinski definition) is 1. The molecule has 0 radical (unpaired) electrons. The fraction of sp³-hybridized carbons (Fsp3) is 0.462. The van der Waals surface area contributed by atoms with Crippen molar-refractivity contribution in [1.82, 2.24) is 4.90 Å². The van der Waals surface area contributed by atoms with Crippen molar-refractivity contribution in [3.63, 3.8) is 0 Å². The highest BCUT2D eigenvalue weighted by molar-refractivity contribution is 5.94. The number of nitrogens with zero attached hydrogens (tertiary/aromatic N) is 1. The van der Waals surface area contributed by atoms with E-state index in [4.69, 9.17) is 10.5 Å². The number of ether oxygens (including phenoxy) is 1. The lowest BCUT2D eigenvalue weighted by atomic mass is 10.1. The largest absolute Gasteiger partial charge is 0.372 e. The highest BCUT2D eigenvalue weighted by atomic mass is 16.5. The number of nitrogens with two attached hydrogens (primary N) is 1. The summed E-state index contributed by atoms with van der Waals surface area (Å²) in [6, 6.07) is 5.73. The molecule has 0 aliphatic carbocycles. The molecule has 0 saturated carbocycles. The Hall–Kier alpha value is -1.39. The summed E-state index contributed by atoms with van der Waals surface area (Å²) in [6.45, 7) is 3.71. The number of benzene rings is 1. The summed E-state index contributed by atoms with van der Waals surface area (Å²) >= 11 is 0. The topological polar surface area (TPSA) is 55.6 Å². The molecule has 1 heterocycles. The van der Waals surface area contributed by atoms with Crippen LogP contribution in [-0.2, 0) is 18.0 Å². The van der Waals surface area contributed by atoms with Crippen molar-refractivity contribution in [2.24, 2.45) is 5.73 Å². The molecular weight excluding hydrogens is 216 g/mol. The smallest absolute Gasteiger partial charge is 0.253 e. The third kappa shape index (κ3) is 2.65. The lowest BCUT2D eigenvalue weighted by molar-refractivity contribution is 0.0788. The van der Waals surface area contributed by atoms with Crippen LogP contribution >= 0.6 is 0 Å². The molecule has 1 aliphatic rings. The van der Waals surface area contributed by atoms with Gasteiger partial charge in [-0.05, 0) is 30.2 Å². The molecular formula is C13H18N2O2. The van der Waals surface area contributed by atoms with E-state index in [0.717, 1.165) is 5.56 Å². The highest BCUT2D eigenvalue weighted by Crippen LogP contribution is 2.21. The maximum Gasteiger partial charge on any atom is 0.253 e. The average Bonchev–Trinajstić information content (AvgIpc) is 2.73. The average molecular weight is 234 g/mol. The first-order chi connectivity index (χ1) is 8.08. The van der Waals surface area contributed by atoms with Crippen molar-refractivity contribution in [2.45, 2.75) is 26.2 Å². The lowest BCUT2D eigenvalue weighted by Crippen LogP contribution is -2.36. The van der Waals surface area contributed by atoms with Crippen molar-refractivity contribution in [3.8, 4) is 0 Å². The van der Waals surface area contributed by atoms with Crippen LogP contribution in [0.1, 0.15) is 28.4 Å². The van der Waals surface area contributed by atoms with E-state index >= 15 is 0 Å². The first-order valence-corrected chi connectivity index (χ1v) is 5.78. The fourth-order valence-corrected chi connectivity index (χ4v) is 2.04. The van der Waals surface area contributed by atoms with Crippen molar-refractivity contribution in [2.75, 3.05) is 13.6 Å². The van der Waals surface area contributed by atoms with Crippen LogP contribution in [-0.4, -0.2) is 30.4 Å². The van der Waals surface area contributed by atoms with Gasteiger partial charge in [-0.25, -0.2) is 0 Å². The Balaban J connectivity index is 2.14. The number of carbonyl (C=O) groups is 1. The molecule has 2 rings (SSSR count). The third-order valence-corrected chi connectivity index (χ3v) is 2.88. The maximum atomic E-state index is 12.1. The minimum atomic E-state index is -0.0123. The second kappa shape index (κ2) is 4.85. The van der Waals surface area contributed by atoms with E-state index < -0.39 is 0 Å². The Bertz CT molecular complexity index is 429. The monoisotopic (exact) mass is 234 g/mol. The van der Waals surface area contributed by atoms with E-state index in [0.29, 0.717) is 25.3 Å². The van der Waals surface area contributed by atoms with E-state index in [1.165, 1.54) is 5.56 Å². The molecule has 4 nitrogen and oxygen atoms in total. The molecule has 1 atom stereocenters. The number of likely N-dealkylation sites (N-methyl/N-ethyl adjacent to an activating group) is 1. The Labute approximate surface area is 101 Å². The first-order valence-electron chi connectivity index (χ1n) is 5.78. The minimum Gasteiger partial charge on any atom is -0.372 e. The third-order valence-electron chi connectivity index (χ3n) is 2.88. The van der Waals surface area contributed by atoms with Gasteiger partial charge in [-0.15, -0.1) is 0 Å². The number of carbonyl (C=O) groups excluding carboxylic acids is 1. The maximum absolute atomic E-state index is 12.1. The van der Waals surface area contributed by atoms with Gasteiger partial charge in [0.1, 0.15) is 0 Å². The van der Waals surface area contributed by atoms with Crippen LogP contribution in [0.25, 0.3) is 0 Å². The summed E-state index contributed by atoms with van der Waals surface area (Å²) in [5.41, 5.74) is 8.68. The molecule has 0 saturated heterocycles. The second-order valence-corrected chi connectivity index (χ2v) is 4.64. The summed E-state index contributed by atoms with van der Waals surface area (Å²) in [5.74, 6) is 0.0111. The Morgan fingerprint density at radius 1 is 1.47 bits per heavy atom. The molecule has 1 amide bonds. The second-order valence-electron chi connectivity index (χ2n) is 4.64. The van der Waals surface area contributed by atoms with Gasteiger partial charge < -0.3 is 15.4 Å². The number of hydrogen-bond acceptors (Lipinski definition) is 3. The van der Waals surface area contributed by atoms with Crippen molar-refractivity contribution in [3.05, 3.63) is 34.9 Å². The summed E-state index contributed by atoms with van der Waals surface area (Å²) in [5, 5.41) is 0. The predicted octanol–water partition coefficient (Wildman–Crippen LogP) is 1.14. The van der Waals surface area contributed by atoms with Crippen molar-refractivity contribution in [1.29, 1.82) is 0 Å². The highest BCUT2D eigenvalue weighted by Gasteiger charge is 2.17. The van der Waals surface area contributed by atoms with Gasteiger partial charge in [-0.2, -0.15) is 0 Å². The van der Waals surface area contributed by atoms with Gasteiger partial charge in [0, 0.05) is 25.2 Å². The number of rotatable bonds is 3. The molecule has 4 heteroatoms. The lowest BCUT2D eigenvalue weighted by Gasteiger charge is -2.19. The molecule has 1 unspecified atom stereocenters. The van der Waals surface area contributed by atoms with Crippen LogP contribution in [0.5, 0.6) is 0 Å². The first kappa shape index (κ1) is 12.1. The van der Waals surface area contributed by atoms with Crippen LogP contribution in [0.15, 0.2) is 18.2 Å². The van der Waals surface area contributed by atoms with Crippen LogP contribution in [0.2, 0.25) is 0 Å². The van der Waals surface area contributed by atoms with Crippen LogP contribution in [0.4, 0.5) is 0 Å². The number of fused-ring (bicyclic) bond motifs is 1. The van der Waals surface area contributed by atoms with Gasteiger partial charge in [0.05, 0.1) is 13.2 Å². The molecule has 17 heavy (non-hydrogen) atoms. The van der Waals surface area contributed by atoms with Gasteiger partial charge in [0.15, 0.2) is 0 Å². The van der Waals surface area contributed by atoms with E-state index in [-0.39, 0.29) is 11.9 Å². The zero-order valence-electron chi connectivity index (χ0n) is 10.3. The fourth-order valence-electron chi connectivity index (χ4n) is 2.04. The van der Waals surface area contributed by atoms with Crippen LogP contribution < -0.4 is 5.73 Å². The molecule has 1 aromatic rings. The van der Waals surface area contributed by atoms with Gasteiger partial charge in [0.25, 0.3) is 5.91 Å². The van der Waals surface area contributed by atoms with Crippen molar-refractivity contribution < 1.29 is 9.53 Å². The Morgan fingerprint density at radius 3 is 2.88 bits per heavy atom. The normalized spacial score (nSPS) is 15.5. The summed E-state index contributed by atoms with van der Waals surface area (Å²) in [7, 11) is 1.77. The molecule has 1 aromatic carbocycles. The van der Waals surface area contributed by atoms with E-state index in [2.05, 4.69) is 0 Å². The van der Waals surface area contributed by atoms with Gasteiger partial charge in [-0.3, -0.25) is 4.79 Å². The predicted molar refractivity (Wildman–Crippen MR) is 65.5 cm³/mol. The molecule has 0 fully saturated rings. The minimum absolute atomic E-state index is 0.0111. The molecule has 2 N–H and O–H groups in total. The summed E-state index contributed by atoms with van der Waals surface area (Å²) in [4.78, 5) is 13.8. The van der Waals surface area contributed by atoms with Crippen molar-refractivity contribution >= 4 is 5.91 Å². The van der Waals surface area contributed by atoms with E-state index in [9.17, 15) is 4.79 Å². The SMILES string of the molecule is CC(N)CN(C)C(=O)c1ccc2c(c1)COC2. The molecule has 0 aromatic heterocycles. The van der Waals surface area contributed by atoms with Crippen LogP contribution in [0, 0.1) is 0 Å². The molecule has 0 bridgehead atoms. The molecule has 92 valence electrons. The summed E-state index contributed by atoms with van der Waals surface area (Å²) in [6.07, 6.45) is 0. The van der Waals surface area contributed by atoms with Gasteiger partial charge >= 0.3 is 0 Å². The molecule has 1 aliphatic heterocycles. The Kier molecular flexibility index (Phi) is 3.45. The van der Waals surface area contributed by atoms with Gasteiger partial charge in [0.2, 0.25) is 0 Å². The quantitative estimate of drug-likeness (QED) is 0.853. The van der Waals surface area contributed by atoms with Crippen LogP contribution in [0.3, 0.4) is 0 Å². The number of amides is 1. The Morgan fingerprint density at radius 2 is 2.18 bits per heavy atom. The van der Waals surface area contributed by atoms with E-state index in [1.807, 2.05) is 25.1 Å². The standard InChI is InChI=1S/C13H18N2O2/c1-9(14)6-15(2)13(16)10-3-4-11-7-17-8-12(11)5-10/h3-5,9H,6-8,14H2,1-2H3. The zero-order valence-corrected chi connectivity index (χ0v) is 10.3. The van der Waals surface area contributed by atoms with Gasteiger partial charge in [-0.1, -0.05) is 6.07 Å². The zero-order chi connectivity index (χ0) is 12.4. The molecule has 0 spiro atoms.